The number of ether oxygens (including phenoxy) is 2. The number of nitrogens with two attached hydrogens (primary N) is 1. The van der Waals surface area contributed by atoms with Crippen molar-refractivity contribution < 1.29 is 22.6 Å². The van der Waals surface area contributed by atoms with E-state index in [-0.39, 0.29) is 52.2 Å². The van der Waals surface area contributed by atoms with Gasteiger partial charge in [-0.1, -0.05) is 11.6 Å². The Kier molecular flexibility index (Phi) is 8.27. The third kappa shape index (κ3) is 6.14. The van der Waals surface area contributed by atoms with Gasteiger partial charge in [0.1, 0.15) is 34.4 Å². The second-order valence-electron chi connectivity index (χ2n) is 9.73. The number of hydrogen-bond donors (Lipinski definition) is 3. The van der Waals surface area contributed by atoms with Crippen molar-refractivity contribution in [3.05, 3.63) is 59.3 Å². The number of nitrogens with zero attached hydrogens (tertiary/aromatic N) is 6. The summed E-state index contributed by atoms with van der Waals surface area (Å²) in [6.45, 7) is 1.22. The molecule has 1 aliphatic rings. The summed E-state index contributed by atoms with van der Waals surface area (Å²) in [6.07, 6.45) is 2.97. The predicted octanol–water partition coefficient (Wildman–Crippen LogP) is 5.02. The molecule has 1 saturated heterocycles. The maximum atomic E-state index is 13.7. The Morgan fingerprint density at radius 2 is 1.98 bits per heavy atom. The van der Waals surface area contributed by atoms with Gasteiger partial charge in [0.05, 0.1) is 24.2 Å². The number of nitrogens with one attached hydrogen (secondary N) is 2. The highest BCUT2D eigenvalue weighted by Crippen LogP contribution is 2.37. The number of benzene rings is 1. The van der Waals surface area contributed by atoms with Gasteiger partial charge in [0.2, 0.25) is 5.95 Å². The standard InChI is InChI=1S/C27H29ClF3N9O2/c1-33-22-13-34-19(11-35-22)20(10-32)42-21-12-36-25-24(23(21)28)40(3)26(38-25)37-16-7-15(27(29,30)31)8-18(9-16)41-14-17-5-4-6-39(17)2/h7-13,17H,4-6,14,32H2,1-3H3,(H,33,35)(H,36,37,38)/b20-10+/t17-/m0/s1. The van der Waals surface area contributed by atoms with E-state index in [0.717, 1.165) is 31.5 Å². The van der Waals surface area contributed by atoms with Crippen molar-refractivity contribution in [1.29, 1.82) is 0 Å². The summed E-state index contributed by atoms with van der Waals surface area (Å²) in [4.78, 5) is 19.4. The highest BCUT2D eigenvalue weighted by atomic mass is 35.5. The molecule has 1 atom stereocenters. The fourth-order valence-electron chi connectivity index (χ4n) is 4.60. The molecule has 0 bridgehead atoms. The minimum atomic E-state index is -4.57. The lowest BCUT2D eigenvalue weighted by Gasteiger charge is -2.20. The van der Waals surface area contributed by atoms with Gasteiger partial charge in [-0.3, -0.25) is 0 Å². The number of anilines is 3. The van der Waals surface area contributed by atoms with Crippen LogP contribution in [-0.4, -0.2) is 62.7 Å². The minimum absolute atomic E-state index is 0.102. The number of alkyl halides is 3. The molecule has 42 heavy (non-hydrogen) atoms. The average molecular weight is 604 g/mol. The number of aryl methyl sites for hydroxylation is 1. The molecule has 0 amide bonds. The molecule has 15 heteroatoms. The number of hydrogen-bond acceptors (Lipinski definition) is 10. The van der Waals surface area contributed by atoms with Gasteiger partial charge in [0.15, 0.2) is 17.2 Å². The van der Waals surface area contributed by atoms with Gasteiger partial charge < -0.3 is 35.3 Å². The van der Waals surface area contributed by atoms with Crippen molar-refractivity contribution in [2.75, 3.05) is 37.9 Å². The monoisotopic (exact) mass is 603 g/mol. The van der Waals surface area contributed by atoms with E-state index in [1.807, 2.05) is 7.05 Å². The number of likely N-dealkylation sites (N-methyl/N-ethyl adjacent to an activating group) is 1. The van der Waals surface area contributed by atoms with Gasteiger partial charge in [0.25, 0.3) is 0 Å². The first-order valence-corrected chi connectivity index (χ1v) is 13.4. The van der Waals surface area contributed by atoms with E-state index >= 15 is 0 Å². The van der Waals surface area contributed by atoms with Gasteiger partial charge in [-0.05, 0) is 38.6 Å². The van der Waals surface area contributed by atoms with E-state index in [4.69, 9.17) is 26.8 Å². The van der Waals surface area contributed by atoms with Crippen LogP contribution in [0.1, 0.15) is 24.1 Å². The SMILES string of the molecule is CNc1cnc(/C(=C\N)Oc2cnc3nc(Nc4cc(OC[C@@H]5CCCN5C)cc(C(F)(F)F)c4)n(C)c3c2Cl)cn1. The van der Waals surface area contributed by atoms with Crippen molar-refractivity contribution in [3.63, 3.8) is 0 Å². The van der Waals surface area contributed by atoms with E-state index in [1.165, 1.54) is 30.9 Å². The van der Waals surface area contributed by atoms with Crippen LogP contribution < -0.4 is 25.8 Å². The van der Waals surface area contributed by atoms with Crippen LogP contribution in [0.3, 0.4) is 0 Å². The Labute approximate surface area is 244 Å². The largest absolute Gasteiger partial charge is 0.492 e. The van der Waals surface area contributed by atoms with Gasteiger partial charge >= 0.3 is 6.18 Å². The van der Waals surface area contributed by atoms with Crippen LogP contribution in [0.2, 0.25) is 5.02 Å². The fraction of sp³-hybridized carbons (Fsp3) is 0.333. The fourth-order valence-corrected chi connectivity index (χ4v) is 4.90. The first kappa shape index (κ1) is 29.2. The Bertz CT molecular complexity index is 1610. The average Bonchev–Trinajstić information content (AvgIpc) is 3.53. The number of likely N-dealkylation sites (tertiary alicyclic amines) is 1. The third-order valence-electron chi connectivity index (χ3n) is 6.94. The van der Waals surface area contributed by atoms with Crippen LogP contribution in [0, 0.1) is 0 Å². The van der Waals surface area contributed by atoms with Crippen LogP contribution in [-0.2, 0) is 13.2 Å². The van der Waals surface area contributed by atoms with Crippen molar-refractivity contribution in [1.82, 2.24) is 29.4 Å². The second-order valence-corrected chi connectivity index (χ2v) is 10.1. The summed E-state index contributed by atoms with van der Waals surface area (Å²) < 4.78 is 54.5. The van der Waals surface area contributed by atoms with Gasteiger partial charge in [-0.25, -0.2) is 15.0 Å². The van der Waals surface area contributed by atoms with Gasteiger partial charge in [-0.2, -0.15) is 18.2 Å². The number of aromatic nitrogens is 5. The van der Waals surface area contributed by atoms with Crippen LogP contribution in [0.25, 0.3) is 16.9 Å². The van der Waals surface area contributed by atoms with E-state index in [1.54, 1.807) is 18.7 Å². The van der Waals surface area contributed by atoms with Crippen molar-refractivity contribution in [2.24, 2.45) is 12.8 Å². The summed E-state index contributed by atoms with van der Waals surface area (Å²) >= 11 is 6.68. The molecule has 0 aliphatic carbocycles. The Hall–Kier alpha value is -4.30. The number of halogens is 4. The summed E-state index contributed by atoms with van der Waals surface area (Å²) in [5, 5.41) is 5.99. The number of rotatable bonds is 9. The van der Waals surface area contributed by atoms with E-state index < -0.39 is 11.7 Å². The molecule has 1 aliphatic heterocycles. The zero-order valence-electron chi connectivity index (χ0n) is 23.0. The van der Waals surface area contributed by atoms with E-state index in [9.17, 15) is 13.2 Å². The lowest BCUT2D eigenvalue weighted by Crippen LogP contribution is -2.30. The lowest BCUT2D eigenvalue weighted by atomic mass is 10.1. The Morgan fingerprint density at radius 1 is 1.17 bits per heavy atom. The molecular formula is C27H29ClF3N9O2. The molecule has 4 N–H and O–H groups in total. The van der Waals surface area contributed by atoms with Crippen LogP contribution >= 0.6 is 11.6 Å². The molecule has 4 heterocycles. The highest BCUT2D eigenvalue weighted by molar-refractivity contribution is 6.36. The minimum Gasteiger partial charge on any atom is -0.492 e. The first-order valence-electron chi connectivity index (χ1n) is 13.0. The molecule has 0 unspecified atom stereocenters. The topological polar surface area (TPSA) is 128 Å². The third-order valence-corrected chi connectivity index (χ3v) is 7.31. The van der Waals surface area contributed by atoms with Gasteiger partial charge in [-0.15, -0.1) is 0 Å². The Balaban J connectivity index is 1.41. The van der Waals surface area contributed by atoms with Crippen molar-refractivity contribution in [3.8, 4) is 11.5 Å². The molecular weight excluding hydrogens is 575 g/mol. The van der Waals surface area contributed by atoms with Crippen molar-refractivity contribution in [2.45, 2.75) is 25.1 Å². The zero-order chi connectivity index (χ0) is 30.0. The predicted molar refractivity (Wildman–Crippen MR) is 154 cm³/mol. The second kappa shape index (κ2) is 11.9. The van der Waals surface area contributed by atoms with E-state index in [0.29, 0.717) is 17.0 Å². The summed E-state index contributed by atoms with van der Waals surface area (Å²) in [7, 11) is 5.34. The number of fused-ring (bicyclic) bond motifs is 1. The molecule has 11 nitrogen and oxygen atoms in total. The van der Waals surface area contributed by atoms with Gasteiger partial charge in [0, 0.05) is 38.1 Å². The summed E-state index contributed by atoms with van der Waals surface area (Å²) in [5.41, 5.74) is 6.07. The first-order chi connectivity index (χ1) is 20.1. The molecule has 1 aromatic carbocycles. The number of imidazole rings is 1. The lowest BCUT2D eigenvalue weighted by molar-refractivity contribution is -0.137. The van der Waals surface area contributed by atoms with Crippen LogP contribution in [0.5, 0.6) is 11.5 Å². The molecule has 4 aromatic rings. The summed E-state index contributed by atoms with van der Waals surface area (Å²) in [5.74, 6) is 1.23. The normalized spacial score (nSPS) is 16.2. The molecule has 0 spiro atoms. The molecule has 222 valence electrons. The van der Waals surface area contributed by atoms with Crippen molar-refractivity contribution >= 4 is 46.0 Å². The van der Waals surface area contributed by atoms with E-state index in [2.05, 4.69) is 35.5 Å². The smallest absolute Gasteiger partial charge is 0.416 e. The number of pyridine rings is 1. The zero-order valence-corrected chi connectivity index (χ0v) is 23.8. The molecule has 0 radical (unpaired) electrons. The van der Waals surface area contributed by atoms with Crippen LogP contribution in [0.15, 0.2) is 43.0 Å². The highest BCUT2D eigenvalue weighted by Gasteiger charge is 2.32. The molecule has 0 saturated carbocycles. The van der Waals surface area contributed by atoms with Crippen LogP contribution in [0.4, 0.5) is 30.6 Å². The maximum Gasteiger partial charge on any atom is 0.416 e. The quantitative estimate of drug-likeness (QED) is 0.224. The molecule has 3 aromatic heterocycles. The molecule has 5 rings (SSSR count). The maximum absolute atomic E-state index is 13.7. The summed E-state index contributed by atoms with van der Waals surface area (Å²) in [6, 6.07) is 3.65. The molecule has 1 fully saturated rings. The Morgan fingerprint density at radius 3 is 2.62 bits per heavy atom.